The number of likely N-dealkylation sites (N-methyl/N-ethyl adjacent to an activating group) is 1. The van der Waals surface area contributed by atoms with E-state index >= 15 is 0 Å². The number of aryl methyl sites for hydroxylation is 1. The van der Waals surface area contributed by atoms with E-state index in [9.17, 15) is 9.90 Å². The predicted octanol–water partition coefficient (Wildman–Crippen LogP) is 1.99. The molecule has 5 nitrogen and oxygen atoms in total. The number of piperidine rings is 1. The van der Waals surface area contributed by atoms with Gasteiger partial charge in [0, 0.05) is 38.4 Å². The van der Waals surface area contributed by atoms with Gasteiger partial charge in [0.2, 0.25) is 0 Å². The third-order valence-electron chi connectivity index (χ3n) is 4.09. The van der Waals surface area contributed by atoms with Crippen molar-refractivity contribution in [3.05, 3.63) is 29.8 Å². The number of aliphatic hydroxyl groups is 1. The maximum Gasteiger partial charge on any atom is 0.317 e. The number of likely N-dealkylation sites (tertiary alicyclic amines) is 1. The fourth-order valence-electron chi connectivity index (χ4n) is 2.84. The predicted molar refractivity (Wildman–Crippen MR) is 89.3 cm³/mol. The van der Waals surface area contributed by atoms with Crippen LogP contribution in [-0.2, 0) is 0 Å². The SMILES string of the molecule is CCN(CCNC(=O)N1CCCC(O)C1)c1cccc(C)c1. The van der Waals surface area contributed by atoms with Crippen LogP contribution < -0.4 is 10.2 Å². The Balaban J connectivity index is 1.80. The second-order valence-electron chi connectivity index (χ2n) is 5.89. The van der Waals surface area contributed by atoms with Crippen molar-refractivity contribution in [3.63, 3.8) is 0 Å². The summed E-state index contributed by atoms with van der Waals surface area (Å²) in [5, 5.41) is 12.6. The van der Waals surface area contributed by atoms with Gasteiger partial charge in [0.25, 0.3) is 0 Å². The number of rotatable bonds is 5. The lowest BCUT2D eigenvalue weighted by Gasteiger charge is -2.30. The molecule has 0 aromatic heterocycles. The van der Waals surface area contributed by atoms with Crippen molar-refractivity contribution in [1.29, 1.82) is 0 Å². The number of urea groups is 1. The summed E-state index contributed by atoms with van der Waals surface area (Å²) in [5.41, 5.74) is 2.42. The second-order valence-corrected chi connectivity index (χ2v) is 5.89. The number of aliphatic hydroxyl groups excluding tert-OH is 1. The van der Waals surface area contributed by atoms with Crippen LogP contribution in [0.1, 0.15) is 25.3 Å². The number of benzene rings is 1. The van der Waals surface area contributed by atoms with Crippen molar-refractivity contribution in [2.24, 2.45) is 0 Å². The van der Waals surface area contributed by atoms with Crippen molar-refractivity contribution in [2.45, 2.75) is 32.8 Å². The first-order valence-electron chi connectivity index (χ1n) is 8.12. The van der Waals surface area contributed by atoms with E-state index in [1.807, 2.05) is 0 Å². The van der Waals surface area contributed by atoms with E-state index < -0.39 is 0 Å². The number of β-amino-alcohol motifs (C(OH)–C–C–N with tert-alkyl or cyclic N) is 1. The molecular formula is C17H27N3O2. The minimum Gasteiger partial charge on any atom is -0.391 e. The van der Waals surface area contributed by atoms with Crippen molar-refractivity contribution in [2.75, 3.05) is 37.6 Å². The molecule has 1 saturated heterocycles. The highest BCUT2D eigenvalue weighted by Gasteiger charge is 2.21. The third-order valence-corrected chi connectivity index (χ3v) is 4.09. The molecule has 2 N–H and O–H groups in total. The lowest BCUT2D eigenvalue weighted by Crippen LogP contribution is -2.48. The van der Waals surface area contributed by atoms with Crippen LogP contribution in [0.25, 0.3) is 0 Å². The molecule has 0 radical (unpaired) electrons. The van der Waals surface area contributed by atoms with Gasteiger partial charge >= 0.3 is 6.03 Å². The van der Waals surface area contributed by atoms with Gasteiger partial charge < -0.3 is 20.2 Å². The molecule has 0 saturated carbocycles. The Hall–Kier alpha value is -1.75. The van der Waals surface area contributed by atoms with Crippen LogP contribution in [0.2, 0.25) is 0 Å². The highest BCUT2D eigenvalue weighted by molar-refractivity contribution is 5.74. The van der Waals surface area contributed by atoms with E-state index in [0.717, 1.165) is 32.5 Å². The number of hydrogen-bond donors (Lipinski definition) is 2. The summed E-state index contributed by atoms with van der Waals surface area (Å²) in [6.45, 7) is 7.67. The molecule has 1 fully saturated rings. The normalized spacial score (nSPS) is 18.1. The second kappa shape index (κ2) is 8.03. The molecule has 5 heteroatoms. The molecular weight excluding hydrogens is 278 g/mol. The van der Waals surface area contributed by atoms with Gasteiger partial charge in [-0.2, -0.15) is 0 Å². The molecule has 1 unspecified atom stereocenters. The Kier molecular flexibility index (Phi) is 6.07. The molecule has 122 valence electrons. The number of anilines is 1. The Bertz CT molecular complexity index is 493. The maximum absolute atomic E-state index is 12.1. The minimum atomic E-state index is -0.376. The first-order valence-corrected chi connectivity index (χ1v) is 8.12. The van der Waals surface area contributed by atoms with E-state index in [2.05, 4.69) is 48.3 Å². The Labute approximate surface area is 132 Å². The number of hydrogen-bond acceptors (Lipinski definition) is 3. The van der Waals surface area contributed by atoms with E-state index in [4.69, 9.17) is 0 Å². The largest absolute Gasteiger partial charge is 0.391 e. The molecule has 0 bridgehead atoms. The van der Waals surface area contributed by atoms with Crippen LogP contribution in [0.5, 0.6) is 0 Å². The molecule has 1 aromatic rings. The molecule has 2 rings (SSSR count). The van der Waals surface area contributed by atoms with Crippen LogP contribution >= 0.6 is 0 Å². The van der Waals surface area contributed by atoms with E-state index in [1.165, 1.54) is 11.3 Å². The zero-order chi connectivity index (χ0) is 15.9. The Morgan fingerprint density at radius 3 is 3.00 bits per heavy atom. The quantitative estimate of drug-likeness (QED) is 0.875. The number of nitrogens with zero attached hydrogens (tertiary/aromatic N) is 2. The van der Waals surface area contributed by atoms with E-state index in [1.54, 1.807) is 4.90 Å². The van der Waals surface area contributed by atoms with Gasteiger partial charge in [-0.3, -0.25) is 0 Å². The van der Waals surface area contributed by atoms with Crippen molar-refractivity contribution < 1.29 is 9.90 Å². The summed E-state index contributed by atoms with van der Waals surface area (Å²) in [4.78, 5) is 16.0. The number of amides is 2. The first kappa shape index (κ1) is 16.6. The molecule has 1 aliphatic heterocycles. The fraction of sp³-hybridized carbons (Fsp3) is 0.588. The molecule has 1 heterocycles. The first-order chi connectivity index (χ1) is 10.6. The summed E-state index contributed by atoms with van der Waals surface area (Å²) in [6, 6.07) is 8.33. The van der Waals surface area contributed by atoms with Gasteiger partial charge in [0.15, 0.2) is 0 Å². The Morgan fingerprint density at radius 1 is 1.50 bits per heavy atom. The smallest absolute Gasteiger partial charge is 0.317 e. The van der Waals surface area contributed by atoms with Gasteiger partial charge in [0.1, 0.15) is 0 Å². The van der Waals surface area contributed by atoms with Crippen LogP contribution in [0, 0.1) is 6.92 Å². The summed E-state index contributed by atoms with van der Waals surface area (Å²) < 4.78 is 0. The van der Waals surface area contributed by atoms with Crippen molar-refractivity contribution >= 4 is 11.7 Å². The monoisotopic (exact) mass is 305 g/mol. The third kappa shape index (κ3) is 4.63. The number of carbonyl (C=O) groups excluding carboxylic acids is 1. The zero-order valence-electron chi connectivity index (χ0n) is 13.6. The summed E-state index contributed by atoms with van der Waals surface area (Å²) >= 11 is 0. The van der Waals surface area contributed by atoms with Crippen molar-refractivity contribution in [1.82, 2.24) is 10.2 Å². The number of nitrogens with one attached hydrogen (secondary N) is 1. The van der Waals surface area contributed by atoms with Crippen LogP contribution in [0.4, 0.5) is 10.5 Å². The molecule has 1 aromatic carbocycles. The Morgan fingerprint density at radius 2 is 2.32 bits per heavy atom. The van der Waals surface area contributed by atoms with Crippen LogP contribution in [0.3, 0.4) is 0 Å². The van der Waals surface area contributed by atoms with Crippen LogP contribution in [-0.4, -0.2) is 54.9 Å². The molecule has 22 heavy (non-hydrogen) atoms. The molecule has 2 amide bonds. The zero-order valence-corrected chi connectivity index (χ0v) is 13.6. The summed E-state index contributed by atoms with van der Waals surface area (Å²) in [5.74, 6) is 0. The minimum absolute atomic E-state index is 0.0703. The van der Waals surface area contributed by atoms with Crippen LogP contribution in [0.15, 0.2) is 24.3 Å². The topological polar surface area (TPSA) is 55.8 Å². The maximum atomic E-state index is 12.1. The van der Waals surface area contributed by atoms with Gasteiger partial charge in [-0.15, -0.1) is 0 Å². The fourth-order valence-corrected chi connectivity index (χ4v) is 2.84. The molecule has 1 aliphatic rings. The molecule has 1 atom stereocenters. The molecule has 0 aliphatic carbocycles. The number of carbonyl (C=O) groups is 1. The van der Waals surface area contributed by atoms with Gasteiger partial charge in [-0.05, 0) is 44.4 Å². The average Bonchev–Trinajstić information content (AvgIpc) is 2.51. The van der Waals surface area contributed by atoms with Gasteiger partial charge in [-0.1, -0.05) is 12.1 Å². The highest BCUT2D eigenvalue weighted by atomic mass is 16.3. The van der Waals surface area contributed by atoms with Gasteiger partial charge in [0.05, 0.1) is 6.10 Å². The lowest BCUT2D eigenvalue weighted by atomic mass is 10.1. The van der Waals surface area contributed by atoms with Gasteiger partial charge in [-0.25, -0.2) is 4.79 Å². The lowest BCUT2D eigenvalue weighted by molar-refractivity contribution is 0.0844. The standard InChI is InChI=1S/C17H27N3O2/c1-3-19(15-7-4-6-14(2)12-15)11-9-18-17(22)20-10-5-8-16(21)13-20/h4,6-7,12,16,21H,3,5,8-11,13H2,1-2H3,(H,18,22). The average molecular weight is 305 g/mol. The summed E-state index contributed by atoms with van der Waals surface area (Å²) in [7, 11) is 0. The van der Waals surface area contributed by atoms with E-state index in [-0.39, 0.29) is 12.1 Å². The summed E-state index contributed by atoms with van der Waals surface area (Å²) in [6.07, 6.45) is 1.29. The highest BCUT2D eigenvalue weighted by Crippen LogP contribution is 2.15. The van der Waals surface area contributed by atoms with Crippen molar-refractivity contribution in [3.8, 4) is 0 Å². The van der Waals surface area contributed by atoms with E-state index in [0.29, 0.717) is 13.1 Å². The molecule has 0 spiro atoms.